The molecule has 2 heterocycles. The molecule has 1 atom stereocenters. The maximum atomic E-state index is 12.0. The summed E-state index contributed by atoms with van der Waals surface area (Å²) < 4.78 is 10.5. The van der Waals surface area contributed by atoms with E-state index in [0.717, 1.165) is 18.8 Å². The lowest BCUT2D eigenvalue weighted by atomic mass is 9.84. The van der Waals surface area contributed by atoms with Gasteiger partial charge in [0.2, 0.25) is 17.6 Å². The summed E-state index contributed by atoms with van der Waals surface area (Å²) in [5.74, 6) is 0.113. The van der Waals surface area contributed by atoms with Gasteiger partial charge in [-0.05, 0) is 25.3 Å². The maximum absolute atomic E-state index is 12.0. The lowest BCUT2D eigenvalue weighted by Gasteiger charge is -2.22. The maximum Gasteiger partial charge on any atom is 0.339 e. The van der Waals surface area contributed by atoms with E-state index in [9.17, 15) is 9.59 Å². The van der Waals surface area contributed by atoms with Crippen molar-refractivity contribution in [3.63, 3.8) is 0 Å². The zero-order valence-electron chi connectivity index (χ0n) is 17.9. The fourth-order valence-electron chi connectivity index (χ4n) is 4.12. The number of pyridine rings is 1. The Bertz CT molecular complexity index is 863. The monoisotopic (exact) mass is 430 g/mol. The van der Waals surface area contributed by atoms with Gasteiger partial charge >= 0.3 is 5.97 Å². The first-order valence-electron chi connectivity index (χ1n) is 11.0. The number of carbonyl (C=O) groups is 2. The number of hydrogen-bond donors (Lipinski definition) is 2. The Kier molecular flexibility index (Phi) is 8.52. The molecule has 0 unspecified atom stereocenters. The normalized spacial score (nSPS) is 15.4. The molecule has 0 aliphatic heterocycles. The van der Waals surface area contributed by atoms with E-state index in [4.69, 9.17) is 14.5 Å². The standard InChI is InChI=1S/C22H30N4O5/c1-2-30-22(28)18-11-17(13-23-14-18)20-24-21(31-26-20)16(12-19(27)25-29)10-6-9-15-7-4-3-5-8-15/h11,13-16,29H,2-10,12H2,1H3,(H,25,27)/t16-/m1/s1. The van der Waals surface area contributed by atoms with E-state index in [-0.39, 0.29) is 24.8 Å². The molecule has 1 aliphatic carbocycles. The van der Waals surface area contributed by atoms with Crippen molar-refractivity contribution in [3.05, 3.63) is 29.9 Å². The molecule has 0 spiro atoms. The van der Waals surface area contributed by atoms with Crippen LogP contribution >= 0.6 is 0 Å². The molecule has 0 radical (unpaired) electrons. The molecule has 1 saturated carbocycles. The average molecular weight is 431 g/mol. The van der Waals surface area contributed by atoms with Gasteiger partial charge in [-0.3, -0.25) is 15.0 Å². The molecular formula is C22H30N4O5. The van der Waals surface area contributed by atoms with E-state index in [0.29, 0.717) is 23.4 Å². The number of nitrogens with zero attached hydrogens (tertiary/aromatic N) is 3. The molecule has 2 N–H and O–H groups in total. The smallest absolute Gasteiger partial charge is 0.339 e. The second-order valence-corrected chi connectivity index (χ2v) is 8.01. The van der Waals surface area contributed by atoms with Crippen molar-refractivity contribution in [2.24, 2.45) is 5.92 Å². The molecule has 2 aromatic heterocycles. The Morgan fingerprint density at radius 1 is 1.29 bits per heavy atom. The summed E-state index contributed by atoms with van der Waals surface area (Å²) in [6, 6.07) is 1.60. The van der Waals surface area contributed by atoms with E-state index in [1.54, 1.807) is 18.5 Å². The number of hydroxylamine groups is 1. The SMILES string of the molecule is CCOC(=O)c1cncc(-c2noc([C@H](CCCC3CCCCC3)CC(=O)NO)n2)c1. The third kappa shape index (κ3) is 6.58. The number of amides is 1. The van der Waals surface area contributed by atoms with Gasteiger partial charge in [0.05, 0.1) is 12.2 Å². The topological polar surface area (TPSA) is 127 Å². The number of hydrogen-bond acceptors (Lipinski definition) is 8. The fraction of sp³-hybridized carbons (Fsp3) is 0.591. The van der Waals surface area contributed by atoms with Crippen molar-refractivity contribution < 1.29 is 24.1 Å². The van der Waals surface area contributed by atoms with Crippen LogP contribution in [0.1, 0.15) is 86.9 Å². The highest BCUT2D eigenvalue weighted by atomic mass is 16.5. The second kappa shape index (κ2) is 11.5. The Morgan fingerprint density at radius 2 is 2.10 bits per heavy atom. The molecule has 1 aliphatic rings. The lowest BCUT2D eigenvalue weighted by Crippen LogP contribution is -2.21. The van der Waals surface area contributed by atoms with E-state index in [2.05, 4.69) is 15.1 Å². The first-order chi connectivity index (χ1) is 15.1. The average Bonchev–Trinajstić information content (AvgIpc) is 3.29. The number of nitrogens with one attached hydrogen (secondary N) is 1. The summed E-state index contributed by atoms with van der Waals surface area (Å²) >= 11 is 0. The first-order valence-corrected chi connectivity index (χ1v) is 11.0. The van der Waals surface area contributed by atoms with Crippen molar-refractivity contribution in [2.45, 2.75) is 70.6 Å². The van der Waals surface area contributed by atoms with Crippen LogP contribution in [0, 0.1) is 5.92 Å². The molecule has 0 bridgehead atoms. The third-order valence-corrected chi connectivity index (χ3v) is 5.74. The minimum absolute atomic E-state index is 0.0594. The molecule has 31 heavy (non-hydrogen) atoms. The Morgan fingerprint density at radius 3 is 2.84 bits per heavy atom. The molecule has 9 heteroatoms. The van der Waals surface area contributed by atoms with Gasteiger partial charge in [-0.15, -0.1) is 0 Å². The van der Waals surface area contributed by atoms with Gasteiger partial charge in [0.1, 0.15) is 0 Å². The van der Waals surface area contributed by atoms with Crippen LogP contribution in [0.15, 0.2) is 23.0 Å². The zero-order chi connectivity index (χ0) is 22.1. The molecule has 9 nitrogen and oxygen atoms in total. The van der Waals surface area contributed by atoms with Crippen LogP contribution in [-0.4, -0.2) is 38.8 Å². The molecule has 2 aromatic rings. The van der Waals surface area contributed by atoms with Crippen molar-refractivity contribution >= 4 is 11.9 Å². The highest BCUT2D eigenvalue weighted by molar-refractivity contribution is 5.90. The quantitative estimate of drug-likeness (QED) is 0.328. The largest absolute Gasteiger partial charge is 0.462 e. The number of carbonyl (C=O) groups excluding carboxylic acids is 2. The summed E-state index contributed by atoms with van der Waals surface area (Å²) in [5.41, 5.74) is 2.51. The van der Waals surface area contributed by atoms with Gasteiger partial charge in [0.15, 0.2) is 0 Å². The molecular weight excluding hydrogens is 400 g/mol. The van der Waals surface area contributed by atoms with Gasteiger partial charge < -0.3 is 9.26 Å². The highest BCUT2D eigenvalue weighted by Crippen LogP contribution is 2.31. The van der Waals surface area contributed by atoms with Crippen LogP contribution in [0.2, 0.25) is 0 Å². The van der Waals surface area contributed by atoms with Crippen LogP contribution in [0.3, 0.4) is 0 Å². The Hall–Kier alpha value is -2.81. The van der Waals surface area contributed by atoms with Crippen molar-refractivity contribution in [2.75, 3.05) is 6.61 Å². The van der Waals surface area contributed by atoms with Gasteiger partial charge in [-0.25, -0.2) is 10.3 Å². The minimum atomic E-state index is -0.492. The summed E-state index contributed by atoms with van der Waals surface area (Å²) in [6.07, 6.45) is 12.3. The van der Waals surface area contributed by atoms with Gasteiger partial charge in [-0.2, -0.15) is 4.98 Å². The fourth-order valence-corrected chi connectivity index (χ4v) is 4.12. The number of rotatable bonds is 10. The molecule has 168 valence electrons. The second-order valence-electron chi connectivity index (χ2n) is 8.01. The molecule has 0 saturated heterocycles. The summed E-state index contributed by atoms with van der Waals surface area (Å²) in [4.78, 5) is 32.3. The Labute approximate surface area is 181 Å². The molecule has 3 rings (SSSR count). The van der Waals surface area contributed by atoms with Crippen LogP contribution in [-0.2, 0) is 9.53 Å². The zero-order valence-corrected chi connectivity index (χ0v) is 17.9. The van der Waals surface area contributed by atoms with Gasteiger partial charge in [0.25, 0.3) is 0 Å². The minimum Gasteiger partial charge on any atom is -0.462 e. The predicted molar refractivity (Wildman–Crippen MR) is 111 cm³/mol. The molecule has 0 aromatic carbocycles. The van der Waals surface area contributed by atoms with Crippen LogP contribution < -0.4 is 5.48 Å². The molecule has 1 amide bonds. The van der Waals surface area contributed by atoms with E-state index >= 15 is 0 Å². The van der Waals surface area contributed by atoms with Crippen molar-refractivity contribution in [3.8, 4) is 11.4 Å². The Balaban J connectivity index is 1.69. The van der Waals surface area contributed by atoms with Crippen molar-refractivity contribution in [1.29, 1.82) is 0 Å². The first kappa shape index (κ1) is 22.9. The molecule has 1 fully saturated rings. The number of aromatic nitrogens is 3. The van der Waals surface area contributed by atoms with Crippen LogP contribution in [0.4, 0.5) is 0 Å². The van der Waals surface area contributed by atoms with Crippen LogP contribution in [0.5, 0.6) is 0 Å². The van der Waals surface area contributed by atoms with E-state index < -0.39 is 11.9 Å². The summed E-state index contributed by atoms with van der Waals surface area (Å²) in [5, 5.41) is 13.0. The lowest BCUT2D eigenvalue weighted by molar-refractivity contribution is -0.129. The summed E-state index contributed by atoms with van der Waals surface area (Å²) in [6.45, 7) is 2.00. The van der Waals surface area contributed by atoms with E-state index in [1.165, 1.54) is 44.5 Å². The summed E-state index contributed by atoms with van der Waals surface area (Å²) in [7, 11) is 0. The van der Waals surface area contributed by atoms with Gasteiger partial charge in [-0.1, -0.05) is 50.1 Å². The van der Waals surface area contributed by atoms with Crippen LogP contribution in [0.25, 0.3) is 11.4 Å². The highest BCUT2D eigenvalue weighted by Gasteiger charge is 2.24. The van der Waals surface area contributed by atoms with Crippen molar-refractivity contribution in [1.82, 2.24) is 20.6 Å². The van der Waals surface area contributed by atoms with Gasteiger partial charge in [0, 0.05) is 30.3 Å². The number of ether oxygens (including phenoxy) is 1. The predicted octanol–water partition coefficient (Wildman–Crippen LogP) is 4.04. The third-order valence-electron chi connectivity index (χ3n) is 5.74. The van der Waals surface area contributed by atoms with E-state index in [1.807, 2.05) is 0 Å². The number of esters is 1.